The Bertz CT molecular complexity index is 206. The Balaban J connectivity index is 0. The van der Waals surface area contributed by atoms with Crippen molar-refractivity contribution in [3.63, 3.8) is 0 Å². The Labute approximate surface area is 80.6 Å². The number of benzene rings is 1. The van der Waals surface area contributed by atoms with E-state index in [0.29, 0.717) is 5.56 Å². The molecule has 0 N–H and O–H groups in total. The molecule has 0 aliphatic rings. The van der Waals surface area contributed by atoms with Crippen LogP contribution >= 0.6 is 0 Å². The fourth-order valence-electron chi connectivity index (χ4n) is 0.612. The molecule has 0 spiro atoms. The van der Waals surface area contributed by atoms with Gasteiger partial charge in [0.1, 0.15) is 0 Å². The van der Waals surface area contributed by atoms with Gasteiger partial charge in [-0.1, -0.05) is 0 Å². The van der Waals surface area contributed by atoms with Crippen LogP contribution in [0.1, 0.15) is 17.3 Å². The Morgan fingerprint density at radius 2 is 2.09 bits per heavy atom. The Morgan fingerprint density at radius 1 is 1.45 bits per heavy atom. The number of rotatable bonds is 1. The minimum absolute atomic E-state index is 0. The molecule has 0 heterocycles. The summed E-state index contributed by atoms with van der Waals surface area (Å²) in [4.78, 5) is 10.6. The van der Waals surface area contributed by atoms with E-state index < -0.39 is 0 Å². The predicted octanol–water partition coefficient (Wildman–Crippen LogP) is 1.87. The molecule has 0 aliphatic carbocycles. The van der Waals surface area contributed by atoms with E-state index in [1.54, 1.807) is 12.1 Å². The molecule has 62 valence electrons. The molecule has 11 heavy (non-hydrogen) atoms. The molecule has 0 amide bonds. The van der Waals surface area contributed by atoms with Gasteiger partial charge in [0.15, 0.2) is 0 Å². The van der Waals surface area contributed by atoms with Gasteiger partial charge in [-0.25, -0.2) is 0 Å². The van der Waals surface area contributed by atoms with Crippen molar-refractivity contribution in [2.45, 2.75) is 6.92 Å². The zero-order valence-corrected chi connectivity index (χ0v) is 8.31. The maximum absolute atomic E-state index is 10.6. The van der Waals surface area contributed by atoms with Crippen LogP contribution in [-0.2, 0) is 19.5 Å². The van der Waals surface area contributed by atoms with E-state index in [-0.39, 0.29) is 32.7 Å². The van der Waals surface area contributed by atoms with Crippen molar-refractivity contribution in [3.8, 4) is 0 Å². The second-order valence-corrected chi connectivity index (χ2v) is 1.83. The topological polar surface area (TPSA) is 17.1 Å². The van der Waals surface area contributed by atoms with Gasteiger partial charge in [-0.05, 0) is 6.92 Å². The van der Waals surface area contributed by atoms with Gasteiger partial charge in [-0.2, -0.15) is 0 Å². The van der Waals surface area contributed by atoms with Crippen LogP contribution in [0.4, 0.5) is 0 Å². The molecular weight excluding hydrogens is 227 g/mol. The number of carbonyl (C=O) groups excluding carboxylic acids is 1. The quantitative estimate of drug-likeness (QED) is 0.414. The second kappa shape index (κ2) is 6.24. The first-order chi connectivity index (χ1) is 4.30. The van der Waals surface area contributed by atoms with Gasteiger partial charge in [-0.15, -0.1) is 35.9 Å². The zero-order chi connectivity index (χ0) is 6.69. The maximum atomic E-state index is 10.6. The predicted molar refractivity (Wildman–Crippen MR) is 43.1 cm³/mol. The fraction of sp³-hybridized carbons (Fsp3) is 0.111. The summed E-state index contributed by atoms with van der Waals surface area (Å²) in [6.45, 7) is 1.53. The van der Waals surface area contributed by atoms with Crippen molar-refractivity contribution >= 4 is 5.78 Å². The number of hydrogen-bond donors (Lipinski definition) is 0. The molecule has 1 nitrogen and oxygen atoms in total. The van der Waals surface area contributed by atoms with Crippen LogP contribution in [0.3, 0.4) is 0 Å². The van der Waals surface area contributed by atoms with E-state index in [0.717, 1.165) is 0 Å². The first-order valence-corrected chi connectivity index (χ1v) is 2.78. The Morgan fingerprint density at radius 3 is 2.36 bits per heavy atom. The van der Waals surface area contributed by atoms with Crippen LogP contribution in [-0.4, -0.2) is 5.78 Å². The summed E-state index contributed by atoms with van der Waals surface area (Å²) in [5.41, 5.74) is 0.650. The third-order valence-corrected chi connectivity index (χ3v) is 1.09. The van der Waals surface area contributed by atoms with Gasteiger partial charge in [0.05, 0.1) is 5.78 Å². The molecule has 1 aromatic rings. The van der Waals surface area contributed by atoms with Crippen molar-refractivity contribution in [2.24, 2.45) is 0 Å². The fourth-order valence-corrected chi connectivity index (χ4v) is 0.612. The van der Waals surface area contributed by atoms with E-state index in [1.807, 2.05) is 12.1 Å². The molecule has 0 aliphatic heterocycles. The first-order valence-electron chi connectivity index (χ1n) is 2.78. The molecule has 0 fully saturated rings. The van der Waals surface area contributed by atoms with Crippen molar-refractivity contribution in [1.29, 1.82) is 0 Å². The van der Waals surface area contributed by atoms with E-state index in [9.17, 15) is 4.79 Å². The monoisotopic (exact) mass is 238 g/mol. The van der Waals surface area contributed by atoms with Crippen LogP contribution < -0.4 is 0 Å². The van der Waals surface area contributed by atoms with E-state index in [1.165, 1.54) is 6.92 Å². The van der Waals surface area contributed by atoms with Gasteiger partial charge in [0, 0.05) is 0 Å². The minimum atomic E-state index is 0. The summed E-state index contributed by atoms with van der Waals surface area (Å²) in [7, 11) is 0. The number of Topliss-reactive ketones (excluding diaryl/α,β-unsaturated/α-hetero) is 1. The van der Waals surface area contributed by atoms with Gasteiger partial charge in [0.25, 0.3) is 0 Å². The summed E-state index contributed by atoms with van der Waals surface area (Å²) >= 11 is 0. The summed E-state index contributed by atoms with van der Waals surface area (Å²) in [6, 6.07) is 9.97. The summed E-state index contributed by atoms with van der Waals surface area (Å²) < 4.78 is 0. The summed E-state index contributed by atoms with van der Waals surface area (Å²) in [5, 5.41) is 0. The van der Waals surface area contributed by atoms with Gasteiger partial charge >= 0.3 is 19.5 Å². The van der Waals surface area contributed by atoms with Crippen LogP contribution in [0.5, 0.6) is 0 Å². The van der Waals surface area contributed by atoms with E-state index >= 15 is 0 Å². The SMILES string of the molecule is CC(=O)c1[c-]cccc1.[CH3-].[RhH+2]. The van der Waals surface area contributed by atoms with Crippen molar-refractivity contribution in [1.82, 2.24) is 0 Å². The molecule has 0 saturated carbocycles. The number of carbonyl (C=O) groups is 1. The third kappa shape index (κ3) is 4.05. The van der Waals surface area contributed by atoms with Gasteiger partial charge in [-0.3, -0.25) is 0 Å². The Kier molecular flexibility index (Phi) is 7.45. The number of ketones is 1. The van der Waals surface area contributed by atoms with Crippen LogP contribution in [0.25, 0.3) is 0 Å². The summed E-state index contributed by atoms with van der Waals surface area (Å²) in [6.07, 6.45) is 0. The average Bonchev–Trinajstić information content (AvgIpc) is 1.90. The van der Waals surface area contributed by atoms with Crippen LogP contribution in [0.15, 0.2) is 24.3 Å². The average molecular weight is 238 g/mol. The summed E-state index contributed by atoms with van der Waals surface area (Å²) in [5.74, 6) is 0.0654. The van der Waals surface area contributed by atoms with E-state index in [4.69, 9.17) is 0 Å². The third-order valence-electron chi connectivity index (χ3n) is 1.09. The Hall–Kier alpha value is -0.487. The molecule has 2 heteroatoms. The molecule has 0 unspecified atom stereocenters. The second-order valence-electron chi connectivity index (χ2n) is 1.83. The number of hydrogen-bond acceptors (Lipinski definition) is 1. The molecule has 1 radical (unpaired) electrons. The van der Waals surface area contributed by atoms with Crippen molar-refractivity contribution in [3.05, 3.63) is 43.3 Å². The molecule has 1 aromatic carbocycles. The molecule has 0 aromatic heterocycles. The van der Waals surface area contributed by atoms with Crippen molar-refractivity contribution < 1.29 is 24.3 Å². The molecule has 1 rings (SSSR count). The zero-order valence-electron chi connectivity index (χ0n) is 6.57. The molecular formula is C9H11ORh. The molecule has 0 saturated heterocycles. The van der Waals surface area contributed by atoms with Crippen LogP contribution in [0, 0.1) is 13.5 Å². The standard InChI is InChI=1S/C8H7O.CH3.Rh.H/c1-7(9)8-5-3-2-4-6-8;;;/h2-5H,1H3;1H3;;/q2*-1;+2;. The molecule has 0 bridgehead atoms. The van der Waals surface area contributed by atoms with Crippen molar-refractivity contribution in [2.75, 3.05) is 0 Å². The van der Waals surface area contributed by atoms with Crippen LogP contribution in [0.2, 0.25) is 0 Å². The molecule has 0 atom stereocenters. The normalized spacial score (nSPS) is 7.36. The van der Waals surface area contributed by atoms with Gasteiger partial charge in [0.2, 0.25) is 0 Å². The first kappa shape index (κ1) is 13.1. The van der Waals surface area contributed by atoms with E-state index in [2.05, 4.69) is 6.07 Å². The van der Waals surface area contributed by atoms with Gasteiger partial charge < -0.3 is 12.2 Å².